The van der Waals surface area contributed by atoms with Gasteiger partial charge in [-0.15, -0.1) is 0 Å². The van der Waals surface area contributed by atoms with Crippen molar-refractivity contribution in [2.24, 2.45) is 0 Å². The predicted octanol–water partition coefficient (Wildman–Crippen LogP) is 3.46. The van der Waals surface area contributed by atoms with E-state index >= 15 is 0 Å². The van der Waals surface area contributed by atoms with Crippen LogP contribution >= 0.6 is 11.6 Å². The van der Waals surface area contributed by atoms with Gasteiger partial charge < -0.3 is 9.47 Å². The first-order valence-electron chi connectivity index (χ1n) is 5.27. The van der Waals surface area contributed by atoms with Gasteiger partial charge in [-0.05, 0) is 18.2 Å². The van der Waals surface area contributed by atoms with E-state index in [-0.39, 0.29) is 17.5 Å². The SMILES string of the molecule is COc1cccc(COc2cccnc2Cl)c1F. The fraction of sp³-hybridized carbons (Fsp3) is 0.154. The molecule has 1 aromatic heterocycles. The number of halogens is 2. The van der Waals surface area contributed by atoms with E-state index in [4.69, 9.17) is 21.1 Å². The van der Waals surface area contributed by atoms with E-state index in [9.17, 15) is 4.39 Å². The maximum absolute atomic E-state index is 13.8. The zero-order valence-corrected chi connectivity index (χ0v) is 10.4. The Labute approximate surface area is 109 Å². The Kier molecular flexibility index (Phi) is 3.99. The van der Waals surface area contributed by atoms with Crippen molar-refractivity contribution in [2.45, 2.75) is 6.61 Å². The number of pyridine rings is 1. The van der Waals surface area contributed by atoms with Crippen LogP contribution in [0.2, 0.25) is 5.15 Å². The van der Waals surface area contributed by atoms with Gasteiger partial charge in [-0.25, -0.2) is 9.37 Å². The molecule has 0 aliphatic heterocycles. The van der Waals surface area contributed by atoms with Crippen LogP contribution in [0.5, 0.6) is 11.5 Å². The van der Waals surface area contributed by atoms with Gasteiger partial charge in [0.2, 0.25) is 0 Å². The molecule has 0 amide bonds. The first-order chi connectivity index (χ1) is 8.72. The summed E-state index contributed by atoms with van der Waals surface area (Å²) in [5.41, 5.74) is 0.397. The molecule has 2 rings (SSSR count). The molecule has 0 bridgehead atoms. The lowest BCUT2D eigenvalue weighted by Gasteiger charge is -2.09. The molecule has 18 heavy (non-hydrogen) atoms. The summed E-state index contributed by atoms with van der Waals surface area (Å²) < 4.78 is 24.1. The average Bonchev–Trinajstić information content (AvgIpc) is 2.39. The molecule has 0 aliphatic carbocycles. The van der Waals surface area contributed by atoms with Crippen molar-refractivity contribution >= 4 is 11.6 Å². The van der Waals surface area contributed by atoms with Crippen molar-refractivity contribution in [2.75, 3.05) is 7.11 Å². The van der Waals surface area contributed by atoms with Crippen molar-refractivity contribution in [3.05, 3.63) is 53.1 Å². The second-order valence-corrected chi connectivity index (χ2v) is 3.87. The smallest absolute Gasteiger partial charge is 0.171 e. The predicted molar refractivity (Wildman–Crippen MR) is 66.5 cm³/mol. The van der Waals surface area contributed by atoms with Crippen LogP contribution in [-0.4, -0.2) is 12.1 Å². The molecular formula is C13H11ClFNO2. The molecule has 5 heteroatoms. The molecule has 0 atom stereocenters. The van der Waals surface area contributed by atoms with Gasteiger partial charge in [0.15, 0.2) is 22.5 Å². The number of methoxy groups -OCH3 is 1. The Morgan fingerprint density at radius 2 is 2.00 bits per heavy atom. The molecule has 0 saturated carbocycles. The van der Waals surface area contributed by atoms with Crippen LogP contribution in [0.3, 0.4) is 0 Å². The quantitative estimate of drug-likeness (QED) is 0.795. The molecule has 3 nitrogen and oxygen atoms in total. The first-order valence-corrected chi connectivity index (χ1v) is 5.65. The molecule has 0 saturated heterocycles. The standard InChI is InChI=1S/C13H11ClFNO2/c1-17-10-5-2-4-9(12(10)15)8-18-11-6-3-7-16-13(11)14/h2-7H,8H2,1H3. The van der Waals surface area contributed by atoms with Gasteiger partial charge in [-0.2, -0.15) is 0 Å². The monoisotopic (exact) mass is 267 g/mol. The molecular weight excluding hydrogens is 257 g/mol. The van der Waals surface area contributed by atoms with Gasteiger partial charge in [0, 0.05) is 11.8 Å². The van der Waals surface area contributed by atoms with E-state index in [2.05, 4.69) is 4.98 Å². The Morgan fingerprint density at radius 3 is 2.72 bits per heavy atom. The largest absolute Gasteiger partial charge is 0.494 e. The van der Waals surface area contributed by atoms with Gasteiger partial charge >= 0.3 is 0 Å². The molecule has 2 aromatic rings. The van der Waals surface area contributed by atoms with E-state index in [0.717, 1.165) is 0 Å². The second-order valence-electron chi connectivity index (χ2n) is 3.51. The fourth-order valence-corrected chi connectivity index (χ4v) is 1.63. The van der Waals surface area contributed by atoms with E-state index in [1.54, 1.807) is 36.5 Å². The molecule has 1 heterocycles. The van der Waals surface area contributed by atoms with Crippen LogP contribution < -0.4 is 9.47 Å². The summed E-state index contributed by atoms with van der Waals surface area (Å²) in [7, 11) is 1.42. The van der Waals surface area contributed by atoms with Gasteiger partial charge in [-0.3, -0.25) is 0 Å². The van der Waals surface area contributed by atoms with Crippen LogP contribution in [-0.2, 0) is 6.61 Å². The number of aromatic nitrogens is 1. The van der Waals surface area contributed by atoms with E-state index in [1.807, 2.05) is 0 Å². The summed E-state index contributed by atoms with van der Waals surface area (Å²) in [4.78, 5) is 3.87. The number of benzene rings is 1. The molecule has 0 radical (unpaired) electrons. The zero-order valence-electron chi connectivity index (χ0n) is 9.69. The van der Waals surface area contributed by atoms with Crippen LogP contribution in [0.15, 0.2) is 36.5 Å². The van der Waals surface area contributed by atoms with Crippen LogP contribution in [0.4, 0.5) is 4.39 Å². The molecule has 1 aromatic carbocycles. The summed E-state index contributed by atoms with van der Waals surface area (Å²) in [5, 5.41) is 0.251. The minimum Gasteiger partial charge on any atom is -0.494 e. The molecule has 94 valence electrons. The lowest BCUT2D eigenvalue weighted by atomic mass is 10.2. The summed E-state index contributed by atoms with van der Waals surface area (Å²) in [6.07, 6.45) is 1.56. The highest BCUT2D eigenvalue weighted by atomic mass is 35.5. The average molecular weight is 268 g/mol. The molecule has 0 N–H and O–H groups in total. The van der Waals surface area contributed by atoms with Gasteiger partial charge in [-0.1, -0.05) is 23.7 Å². The third-order valence-corrected chi connectivity index (χ3v) is 2.66. The number of hydrogen-bond acceptors (Lipinski definition) is 3. The lowest BCUT2D eigenvalue weighted by molar-refractivity contribution is 0.295. The lowest BCUT2D eigenvalue weighted by Crippen LogP contribution is -2.01. The van der Waals surface area contributed by atoms with Crippen molar-refractivity contribution < 1.29 is 13.9 Å². The minimum atomic E-state index is -0.431. The summed E-state index contributed by atoms with van der Waals surface area (Å²) in [5.74, 6) is 0.176. The summed E-state index contributed by atoms with van der Waals surface area (Å²) >= 11 is 5.83. The number of rotatable bonds is 4. The zero-order chi connectivity index (χ0) is 13.0. The Morgan fingerprint density at radius 1 is 1.22 bits per heavy atom. The van der Waals surface area contributed by atoms with Gasteiger partial charge in [0.1, 0.15) is 6.61 Å². The fourth-order valence-electron chi connectivity index (χ4n) is 1.46. The highest BCUT2D eigenvalue weighted by Crippen LogP contribution is 2.24. The third-order valence-electron chi connectivity index (χ3n) is 2.37. The highest BCUT2D eigenvalue weighted by Gasteiger charge is 2.09. The molecule has 0 fully saturated rings. The number of hydrogen-bond donors (Lipinski definition) is 0. The van der Waals surface area contributed by atoms with E-state index in [1.165, 1.54) is 7.11 Å². The topological polar surface area (TPSA) is 31.4 Å². The van der Waals surface area contributed by atoms with E-state index < -0.39 is 5.82 Å². The molecule has 0 spiro atoms. The molecule has 0 unspecified atom stereocenters. The van der Waals surface area contributed by atoms with Crippen LogP contribution in [0.1, 0.15) is 5.56 Å². The normalized spacial score (nSPS) is 10.2. The highest BCUT2D eigenvalue weighted by molar-refractivity contribution is 6.30. The molecule has 0 aliphatic rings. The van der Waals surface area contributed by atoms with Crippen molar-refractivity contribution in [1.29, 1.82) is 0 Å². The van der Waals surface area contributed by atoms with Crippen LogP contribution in [0, 0.1) is 5.82 Å². The second kappa shape index (κ2) is 5.69. The number of ether oxygens (including phenoxy) is 2. The number of nitrogens with zero attached hydrogens (tertiary/aromatic N) is 1. The maximum atomic E-state index is 13.8. The Balaban J connectivity index is 2.14. The first kappa shape index (κ1) is 12.6. The Bertz CT molecular complexity index is 548. The van der Waals surface area contributed by atoms with Gasteiger partial charge in [0.25, 0.3) is 0 Å². The van der Waals surface area contributed by atoms with E-state index in [0.29, 0.717) is 11.3 Å². The minimum absolute atomic E-state index is 0.0639. The summed E-state index contributed by atoms with van der Waals surface area (Å²) in [6.45, 7) is 0.0639. The summed E-state index contributed by atoms with van der Waals surface area (Å²) in [6, 6.07) is 8.25. The maximum Gasteiger partial charge on any atom is 0.171 e. The van der Waals surface area contributed by atoms with Crippen LogP contribution in [0.25, 0.3) is 0 Å². The van der Waals surface area contributed by atoms with Gasteiger partial charge in [0.05, 0.1) is 7.11 Å². The van der Waals surface area contributed by atoms with Crippen molar-refractivity contribution in [1.82, 2.24) is 4.98 Å². The van der Waals surface area contributed by atoms with Crippen molar-refractivity contribution in [3.63, 3.8) is 0 Å². The Hall–Kier alpha value is -1.81. The van der Waals surface area contributed by atoms with Crippen molar-refractivity contribution in [3.8, 4) is 11.5 Å². The third kappa shape index (κ3) is 2.71.